The van der Waals surface area contributed by atoms with E-state index in [1.54, 1.807) is 6.07 Å². The molecule has 0 saturated heterocycles. The lowest BCUT2D eigenvalue weighted by molar-refractivity contribution is -0.124. The van der Waals surface area contributed by atoms with Gasteiger partial charge in [0.25, 0.3) is 5.91 Å². The van der Waals surface area contributed by atoms with E-state index in [1.165, 1.54) is 0 Å². The number of aryl methyl sites for hydroxylation is 1. The summed E-state index contributed by atoms with van der Waals surface area (Å²) in [5.74, 6) is 0.196. The van der Waals surface area contributed by atoms with Gasteiger partial charge in [-0.25, -0.2) is 0 Å². The van der Waals surface area contributed by atoms with Gasteiger partial charge in [0, 0.05) is 30.6 Å². The molecule has 5 heteroatoms. The number of nitrogens with two attached hydrogens (primary N) is 1. The Hall–Kier alpha value is -1.88. The van der Waals surface area contributed by atoms with Crippen LogP contribution in [0.15, 0.2) is 24.3 Å². The van der Waals surface area contributed by atoms with E-state index in [0.29, 0.717) is 31.0 Å². The number of carbonyl (C=O) groups excluding carboxylic acids is 2. The standard InChI is InChI=1S/C19H31N3O2/c1-5-13(2)11-21-18(23)15(4)10-17(20)12-22-19(24)16-8-6-7-14(3)9-16/h6-9,13,15,17H,5,10-12,20H2,1-4H3,(H,21,23)(H,22,24). The van der Waals surface area contributed by atoms with Crippen LogP contribution in [0.4, 0.5) is 0 Å². The second-order valence-corrected chi connectivity index (χ2v) is 6.73. The normalized spacial score (nSPS) is 14.5. The van der Waals surface area contributed by atoms with Crippen LogP contribution in [0.25, 0.3) is 0 Å². The summed E-state index contributed by atoms with van der Waals surface area (Å²) in [6.07, 6.45) is 1.58. The molecule has 0 saturated carbocycles. The average molecular weight is 333 g/mol. The molecule has 0 aromatic heterocycles. The summed E-state index contributed by atoms with van der Waals surface area (Å²) in [6.45, 7) is 9.08. The van der Waals surface area contributed by atoms with Crippen LogP contribution in [0.5, 0.6) is 0 Å². The number of carbonyl (C=O) groups is 2. The monoisotopic (exact) mass is 333 g/mol. The van der Waals surface area contributed by atoms with Crippen molar-refractivity contribution in [2.45, 2.75) is 46.6 Å². The van der Waals surface area contributed by atoms with Crippen molar-refractivity contribution < 1.29 is 9.59 Å². The Morgan fingerprint density at radius 1 is 1.17 bits per heavy atom. The van der Waals surface area contributed by atoms with Crippen molar-refractivity contribution in [3.8, 4) is 0 Å². The zero-order chi connectivity index (χ0) is 18.1. The first-order valence-corrected chi connectivity index (χ1v) is 8.71. The SMILES string of the molecule is CCC(C)CNC(=O)C(C)CC(N)CNC(=O)c1cccc(C)c1. The minimum absolute atomic E-state index is 0.0239. The highest BCUT2D eigenvalue weighted by molar-refractivity contribution is 5.94. The highest BCUT2D eigenvalue weighted by Gasteiger charge is 2.17. The molecule has 0 radical (unpaired) electrons. The van der Waals surface area contributed by atoms with Crippen molar-refractivity contribution in [1.29, 1.82) is 0 Å². The zero-order valence-electron chi connectivity index (χ0n) is 15.3. The van der Waals surface area contributed by atoms with Crippen molar-refractivity contribution >= 4 is 11.8 Å². The van der Waals surface area contributed by atoms with E-state index in [1.807, 2.05) is 32.0 Å². The molecule has 3 atom stereocenters. The van der Waals surface area contributed by atoms with Crippen molar-refractivity contribution in [3.05, 3.63) is 35.4 Å². The first kappa shape index (κ1) is 20.2. The van der Waals surface area contributed by atoms with Gasteiger partial charge in [-0.05, 0) is 31.4 Å². The van der Waals surface area contributed by atoms with Crippen LogP contribution >= 0.6 is 0 Å². The number of hydrogen-bond acceptors (Lipinski definition) is 3. The summed E-state index contributed by atoms with van der Waals surface area (Å²) in [6, 6.07) is 7.17. The van der Waals surface area contributed by atoms with Gasteiger partial charge in [-0.1, -0.05) is 44.9 Å². The van der Waals surface area contributed by atoms with Gasteiger partial charge in [0.15, 0.2) is 0 Å². The first-order chi connectivity index (χ1) is 11.3. The maximum Gasteiger partial charge on any atom is 0.251 e. The van der Waals surface area contributed by atoms with Crippen molar-refractivity contribution in [1.82, 2.24) is 10.6 Å². The Bertz CT molecular complexity index is 545. The maximum atomic E-state index is 12.1. The van der Waals surface area contributed by atoms with Crippen LogP contribution in [0.2, 0.25) is 0 Å². The molecule has 5 nitrogen and oxygen atoms in total. The van der Waals surface area contributed by atoms with E-state index in [0.717, 1.165) is 12.0 Å². The molecule has 1 aromatic carbocycles. The molecule has 0 aliphatic heterocycles. The topological polar surface area (TPSA) is 84.2 Å². The molecular weight excluding hydrogens is 302 g/mol. The Balaban J connectivity index is 2.36. The minimum atomic E-state index is -0.247. The molecule has 3 unspecified atom stereocenters. The Morgan fingerprint density at radius 2 is 1.88 bits per heavy atom. The van der Waals surface area contributed by atoms with E-state index < -0.39 is 0 Å². The lowest BCUT2D eigenvalue weighted by Gasteiger charge is -2.19. The molecule has 0 aliphatic rings. The number of hydrogen-bond donors (Lipinski definition) is 3. The molecule has 0 heterocycles. The summed E-state index contributed by atoms with van der Waals surface area (Å²) in [4.78, 5) is 24.1. The van der Waals surface area contributed by atoms with Gasteiger partial charge in [-0.3, -0.25) is 9.59 Å². The fourth-order valence-electron chi connectivity index (χ4n) is 2.35. The lowest BCUT2D eigenvalue weighted by atomic mass is 10.0. The average Bonchev–Trinajstić information content (AvgIpc) is 2.56. The zero-order valence-corrected chi connectivity index (χ0v) is 15.3. The van der Waals surface area contributed by atoms with Gasteiger partial charge in [0.05, 0.1) is 0 Å². The number of amides is 2. The molecular formula is C19H31N3O2. The molecule has 24 heavy (non-hydrogen) atoms. The van der Waals surface area contributed by atoms with Gasteiger partial charge in [-0.2, -0.15) is 0 Å². The molecule has 4 N–H and O–H groups in total. The fraction of sp³-hybridized carbons (Fsp3) is 0.579. The Kier molecular flexibility index (Phi) is 8.47. The minimum Gasteiger partial charge on any atom is -0.356 e. The molecule has 0 bridgehead atoms. The molecule has 1 aromatic rings. The smallest absolute Gasteiger partial charge is 0.251 e. The maximum absolute atomic E-state index is 12.1. The van der Waals surface area contributed by atoms with Crippen LogP contribution in [0.3, 0.4) is 0 Å². The van der Waals surface area contributed by atoms with Crippen LogP contribution in [-0.2, 0) is 4.79 Å². The highest BCUT2D eigenvalue weighted by atomic mass is 16.2. The highest BCUT2D eigenvalue weighted by Crippen LogP contribution is 2.07. The van der Waals surface area contributed by atoms with Gasteiger partial charge in [0.2, 0.25) is 5.91 Å². The van der Waals surface area contributed by atoms with Crippen molar-refractivity contribution in [2.24, 2.45) is 17.6 Å². The van der Waals surface area contributed by atoms with Crippen molar-refractivity contribution in [2.75, 3.05) is 13.1 Å². The van der Waals surface area contributed by atoms with Gasteiger partial charge < -0.3 is 16.4 Å². The molecule has 1 rings (SSSR count). The van der Waals surface area contributed by atoms with Gasteiger partial charge >= 0.3 is 0 Å². The van der Waals surface area contributed by atoms with E-state index in [-0.39, 0.29) is 23.8 Å². The number of benzene rings is 1. The van der Waals surface area contributed by atoms with Gasteiger partial charge in [0.1, 0.15) is 0 Å². The summed E-state index contributed by atoms with van der Waals surface area (Å²) in [5.41, 5.74) is 7.72. The Labute approximate surface area is 145 Å². The predicted octanol–water partition coefficient (Wildman–Crippen LogP) is 2.24. The van der Waals surface area contributed by atoms with Crippen LogP contribution in [0, 0.1) is 18.8 Å². The van der Waals surface area contributed by atoms with Crippen molar-refractivity contribution in [3.63, 3.8) is 0 Å². The summed E-state index contributed by atoms with van der Waals surface area (Å²) >= 11 is 0. The summed E-state index contributed by atoms with van der Waals surface area (Å²) in [5, 5.41) is 5.79. The molecule has 0 fully saturated rings. The lowest BCUT2D eigenvalue weighted by Crippen LogP contribution is -2.41. The van der Waals surface area contributed by atoms with E-state index >= 15 is 0 Å². The second-order valence-electron chi connectivity index (χ2n) is 6.73. The van der Waals surface area contributed by atoms with E-state index in [2.05, 4.69) is 24.5 Å². The third-order valence-electron chi connectivity index (χ3n) is 4.23. The Morgan fingerprint density at radius 3 is 2.50 bits per heavy atom. The number of nitrogens with one attached hydrogen (secondary N) is 2. The quantitative estimate of drug-likeness (QED) is 0.648. The largest absolute Gasteiger partial charge is 0.356 e. The van der Waals surface area contributed by atoms with Crippen LogP contribution in [-0.4, -0.2) is 30.9 Å². The van der Waals surface area contributed by atoms with E-state index in [9.17, 15) is 9.59 Å². The first-order valence-electron chi connectivity index (χ1n) is 8.71. The third-order valence-corrected chi connectivity index (χ3v) is 4.23. The summed E-state index contributed by atoms with van der Waals surface area (Å²) in [7, 11) is 0. The number of rotatable bonds is 9. The molecule has 0 aliphatic carbocycles. The molecule has 134 valence electrons. The second kappa shape index (κ2) is 10.1. The fourth-order valence-corrected chi connectivity index (χ4v) is 2.35. The summed E-state index contributed by atoms with van der Waals surface area (Å²) < 4.78 is 0. The van der Waals surface area contributed by atoms with Gasteiger partial charge in [-0.15, -0.1) is 0 Å². The van der Waals surface area contributed by atoms with Crippen LogP contribution in [0.1, 0.15) is 49.5 Å². The third kappa shape index (κ3) is 7.13. The van der Waals surface area contributed by atoms with E-state index in [4.69, 9.17) is 5.73 Å². The van der Waals surface area contributed by atoms with Crippen LogP contribution < -0.4 is 16.4 Å². The molecule has 2 amide bonds. The predicted molar refractivity (Wildman–Crippen MR) is 97.7 cm³/mol. The molecule has 0 spiro atoms.